The van der Waals surface area contributed by atoms with Crippen molar-refractivity contribution in [3.63, 3.8) is 0 Å². The van der Waals surface area contributed by atoms with Crippen LogP contribution in [0.25, 0.3) is 0 Å². The lowest BCUT2D eigenvalue weighted by Gasteiger charge is -2.22. The van der Waals surface area contributed by atoms with E-state index >= 15 is 0 Å². The maximum Gasteiger partial charge on any atom is 0.229 e. The molecule has 0 bridgehead atoms. The molecule has 1 atom stereocenters. The first-order valence-electron chi connectivity index (χ1n) is 6.22. The van der Waals surface area contributed by atoms with Gasteiger partial charge in [-0.3, -0.25) is 4.79 Å². The molecule has 0 aliphatic carbocycles. The van der Waals surface area contributed by atoms with Gasteiger partial charge in [0.15, 0.2) is 0 Å². The van der Waals surface area contributed by atoms with E-state index in [0.29, 0.717) is 30.2 Å². The molecule has 0 saturated carbocycles. The van der Waals surface area contributed by atoms with E-state index in [0.717, 1.165) is 12.8 Å². The lowest BCUT2D eigenvalue weighted by molar-refractivity contribution is -0.123. The normalized spacial score (nSPS) is 18.4. The fourth-order valence-electron chi connectivity index (χ4n) is 2.10. The topological polar surface area (TPSA) is 71.3 Å². The summed E-state index contributed by atoms with van der Waals surface area (Å²) in [7, 11) is 1.51. The molecule has 1 amide bonds. The first kappa shape index (κ1) is 13.4. The number of amides is 1. The minimum Gasteiger partial charge on any atom is -0.495 e. The fraction of sp³-hybridized carbons (Fsp3) is 0.429. The zero-order chi connectivity index (χ0) is 13.7. The molecular weight excluding hydrogens is 244 g/mol. The van der Waals surface area contributed by atoms with Crippen LogP contribution in [-0.4, -0.2) is 26.2 Å². The third kappa shape index (κ3) is 3.04. The van der Waals surface area contributed by atoms with Gasteiger partial charge in [0.1, 0.15) is 17.5 Å². The van der Waals surface area contributed by atoms with E-state index in [1.165, 1.54) is 7.11 Å². The fourth-order valence-corrected chi connectivity index (χ4v) is 2.10. The van der Waals surface area contributed by atoms with Gasteiger partial charge in [0.2, 0.25) is 5.91 Å². The number of ether oxygens (including phenoxy) is 2. The van der Waals surface area contributed by atoms with Crippen molar-refractivity contribution in [1.82, 2.24) is 0 Å². The number of carbonyl (C=O) groups is 1. The summed E-state index contributed by atoms with van der Waals surface area (Å²) in [6.45, 7) is 1.14. The number of rotatable bonds is 3. The number of hydrogen-bond acceptors (Lipinski definition) is 4. The zero-order valence-electron chi connectivity index (χ0n) is 10.8. The van der Waals surface area contributed by atoms with Crippen LogP contribution in [0.4, 0.5) is 5.69 Å². The second-order valence-electron chi connectivity index (χ2n) is 4.40. The van der Waals surface area contributed by atoms with Gasteiger partial charge >= 0.3 is 0 Å². The van der Waals surface area contributed by atoms with E-state index in [4.69, 9.17) is 14.7 Å². The van der Waals surface area contributed by atoms with Crippen LogP contribution in [0.1, 0.15) is 18.4 Å². The number of nitriles is 1. The molecule has 2 rings (SSSR count). The predicted octanol–water partition coefficient (Wildman–Crippen LogP) is 1.93. The van der Waals surface area contributed by atoms with Crippen molar-refractivity contribution in [2.24, 2.45) is 5.92 Å². The Morgan fingerprint density at radius 3 is 3.05 bits per heavy atom. The maximum absolute atomic E-state index is 12.1. The lowest BCUT2D eigenvalue weighted by Crippen LogP contribution is -2.30. The minimum absolute atomic E-state index is 0.124. The van der Waals surface area contributed by atoms with Gasteiger partial charge in [-0.2, -0.15) is 5.26 Å². The van der Waals surface area contributed by atoms with Gasteiger partial charge in [0.05, 0.1) is 25.2 Å². The molecule has 1 heterocycles. The molecule has 19 heavy (non-hydrogen) atoms. The number of benzene rings is 1. The summed E-state index contributed by atoms with van der Waals surface area (Å²) in [5, 5.41) is 11.9. The molecule has 1 fully saturated rings. The van der Waals surface area contributed by atoms with Gasteiger partial charge in [-0.1, -0.05) is 6.07 Å². The Kier molecular flexibility index (Phi) is 4.37. The van der Waals surface area contributed by atoms with Crippen molar-refractivity contribution < 1.29 is 14.3 Å². The SMILES string of the molecule is COc1cccc(C#N)c1NC(=O)C1CCCOC1. The molecule has 5 heteroatoms. The summed E-state index contributed by atoms with van der Waals surface area (Å²) in [6, 6.07) is 7.14. The highest BCUT2D eigenvalue weighted by Crippen LogP contribution is 2.29. The van der Waals surface area contributed by atoms with Crippen LogP contribution in [0.5, 0.6) is 5.75 Å². The Morgan fingerprint density at radius 1 is 1.58 bits per heavy atom. The first-order valence-corrected chi connectivity index (χ1v) is 6.22. The molecule has 1 aliphatic heterocycles. The van der Waals surface area contributed by atoms with E-state index < -0.39 is 0 Å². The summed E-state index contributed by atoms with van der Waals surface area (Å²) < 4.78 is 10.5. The molecule has 5 nitrogen and oxygen atoms in total. The van der Waals surface area contributed by atoms with E-state index in [2.05, 4.69) is 11.4 Å². The van der Waals surface area contributed by atoms with Crippen molar-refractivity contribution >= 4 is 11.6 Å². The number of nitrogens with zero attached hydrogens (tertiary/aromatic N) is 1. The molecule has 1 aromatic rings. The predicted molar refractivity (Wildman–Crippen MR) is 69.9 cm³/mol. The van der Waals surface area contributed by atoms with Crippen LogP contribution in [0.3, 0.4) is 0 Å². The Bertz CT molecular complexity index is 502. The van der Waals surface area contributed by atoms with E-state index in [9.17, 15) is 4.79 Å². The van der Waals surface area contributed by atoms with Gasteiger partial charge in [0, 0.05) is 6.61 Å². The number of anilines is 1. The van der Waals surface area contributed by atoms with Crippen LogP contribution < -0.4 is 10.1 Å². The summed E-state index contributed by atoms with van der Waals surface area (Å²) in [5.41, 5.74) is 0.826. The number of hydrogen-bond donors (Lipinski definition) is 1. The summed E-state index contributed by atoms with van der Waals surface area (Å²) >= 11 is 0. The van der Waals surface area contributed by atoms with Gasteiger partial charge in [-0.25, -0.2) is 0 Å². The van der Waals surface area contributed by atoms with E-state index in [-0.39, 0.29) is 11.8 Å². The van der Waals surface area contributed by atoms with Crippen molar-refractivity contribution in [2.45, 2.75) is 12.8 Å². The monoisotopic (exact) mass is 260 g/mol. The highest BCUT2D eigenvalue weighted by atomic mass is 16.5. The zero-order valence-corrected chi connectivity index (χ0v) is 10.8. The van der Waals surface area contributed by atoms with Crippen LogP contribution in [-0.2, 0) is 9.53 Å². The molecule has 0 spiro atoms. The van der Waals surface area contributed by atoms with Gasteiger partial charge < -0.3 is 14.8 Å². The third-order valence-corrected chi connectivity index (χ3v) is 3.15. The van der Waals surface area contributed by atoms with Crippen LogP contribution >= 0.6 is 0 Å². The maximum atomic E-state index is 12.1. The lowest BCUT2D eigenvalue weighted by atomic mass is 10.0. The second-order valence-corrected chi connectivity index (χ2v) is 4.40. The second kappa shape index (κ2) is 6.21. The number of methoxy groups -OCH3 is 1. The molecule has 1 unspecified atom stereocenters. The molecular formula is C14H16N2O3. The van der Waals surface area contributed by atoms with Crippen molar-refractivity contribution in [3.8, 4) is 11.8 Å². The minimum atomic E-state index is -0.162. The Hall–Kier alpha value is -2.06. The Balaban J connectivity index is 2.18. The molecule has 1 aromatic carbocycles. The average Bonchev–Trinajstić information content (AvgIpc) is 2.48. The third-order valence-electron chi connectivity index (χ3n) is 3.15. The highest BCUT2D eigenvalue weighted by molar-refractivity contribution is 5.95. The van der Waals surface area contributed by atoms with Crippen LogP contribution in [0.15, 0.2) is 18.2 Å². The molecule has 0 radical (unpaired) electrons. The Labute approximate surface area is 112 Å². The standard InChI is InChI=1S/C14H16N2O3/c1-18-12-6-2-4-10(8-15)13(12)16-14(17)11-5-3-7-19-9-11/h2,4,6,11H,3,5,7,9H2,1H3,(H,16,17). The molecule has 1 saturated heterocycles. The van der Waals surface area contributed by atoms with E-state index in [1.54, 1.807) is 18.2 Å². The number of para-hydroxylation sites is 1. The molecule has 0 aromatic heterocycles. The quantitative estimate of drug-likeness (QED) is 0.901. The van der Waals surface area contributed by atoms with Gasteiger partial charge in [-0.05, 0) is 25.0 Å². The van der Waals surface area contributed by atoms with Gasteiger partial charge in [-0.15, -0.1) is 0 Å². The summed E-state index contributed by atoms with van der Waals surface area (Å²) in [4.78, 5) is 12.1. The van der Waals surface area contributed by atoms with Crippen molar-refractivity contribution in [2.75, 3.05) is 25.6 Å². The first-order chi connectivity index (χ1) is 9.26. The number of nitrogens with one attached hydrogen (secondary N) is 1. The molecule has 1 aliphatic rings. The molecule has 1 N–H and O–H groups in total. The van der Waals surface area contributed by atoms with Gasteiger partial charge in [0.25, 0.3) is 0 Å². The van der Waals surface area contributed by atoms with Crippen LogP contribution in [0, 0.1) is 17.2 Å². The number of carbonyl (C=O) groups excluding carboxylic acids is 1. The molecule has 100 valence electrons. The van der Waals surface area contributed by atoms with E-state index in [1.807, 2.05) is 0 Å². The van der Waals surface area contributed by atoms with Crippen molar-refractivity contribution in [3.05, 3.63) is 23.8 Å². The largest absolute Gasteiger partial charge is 0.495 e. The highest BCUT2D eigenvalue weighted by Gasteiger charge is 2.23. The summed E-state index contributed by atoms with van der Waals surface area (Å²) in [5.74, 6) is 0.204. The van der Waals surface area contributed by atoms with Crippen molar-refractivity contribution in [1.29, 1.82) is 5.26 Å². The Morgan fingerprint density at radius 2 is 2.42 bits per heavy atom. The summed E-state index contributed by atoms with van der Waals surface area (Å²) in [6.07, 6.45) is 1.69. The average molecular weight is 260 g/mol. The smallest absolute Gasteiger partial charge is 0.229 e. The van der Waals surface area contributed by atoms with Crippen LogP contribution in [0.2, 0.25) is 0 Å².